The van der Waals surface area contributed by atoms with E-state index in [1.807, 2.05) is 6.07 Å². The Bertz CT molecular complexity index is 423. The number of rotatable bonds is 6. The van der Waals surface area contributed by atoms with E-state index in [2.05, 4.69) is 25.7 Å². The van der Waals surface area contributed by atoms with Gasteiger partial charge in [0.25, 0.3) is 0 Å². The van der Waals surface area contributed by atoms with Crippen molar-refractivity contribution in [1.82, 2.24) is 4.90 Å². The third-order valence-corrected chi connectivity index (χ3v) is 3.21. The third kappa shape index (κ3) is 4.46. The van der Waals surface area contributed by atoms with Crippen LogP contribution in [0, 0.1) is 23.1 Å². The van der Waals surface area contributed by atoms with E-state index in [-0.39, 0.29) is 5.82 Å². The van der Waals surface area contributed by atoms with Crippen LogP contribution in [0.25, 0.3) is 0 Å². The molecule has 0 amide bonds. The second kappa shape index (κ2) is 7.13. The van der Waals surface area contributed by atoms with E-state index in [1.165, 1.54) is 12.1 Å². The fraction of sp³-hybridized carbons (Fsp3) is 0.533. The topological polar surface area (TPSA) is 27.0 Å². The maximum atomic E-state index is 13.3. The largest absolute Gasteiger partial charge is 0.299 e. The van der Waals surface area contributed by atoms with E-state index in [9.17, 15) is 4.39 Å². The van der Waals surface area contributed by atoms with Crippen molar-refractivity contribution >= 4 is 0 Å². The Morgan fingerprint density at radius 1 is 1.33 bits per heavy atom. The van der Waals surface area contributed by atoms with Crippen LogP contribution in [0.15, 0.2) is 18.2 Å². The van der Waals surface area contributed by atoms with Gasteiger partial charge in [-0.15, -0.1) is 0 Å². The normalized spacial score (nSPS) is 12.4. The average molecular weight is 248 g/mol. The number of nitriles is 1. The van der Waals surface area contributed by atoms with Gasteiger partial charge in [0.15, 0.2) is 0 Å². The van der Waals surface area contributed by atoms with Gasteiger partial charge in [-0.3, -0.25) is 4.90 Å². The van der Waals surface area contributed by atoms with Gasteiger partial charge < -0.3 is 0 Å². The van der Waals surface area contributed by atoms with Crippen molar-refractivity contribution in [3.8, 4) is 6.07 Å². The van der Waals surface area contributed by atoms with Gasteiger partial charge in [0.1, 0.15) is 5.82 Å². The molecule has 18 heavy (non-hydrogen) atoms. The van der Waals surface area contributed by atoms with E-state index in [0.29, 0.717) is 18.0 Å². The standard InChI is InChI=1S/C15H21FN2/c1-4-12(3)10-18(5-2)11-14-6-13(9-17)7-15(16)8-14/h6-8,12H,4-5,10-11H2,1-3H3. The van der Waals surface area contributed by atoms with Gasteiger partial charge in [0.2, 0.25) is 0 Å². The SMILES string of the molecule is CCC(C)CN(CC)Cc1cc(F)cc(C#N)c1. The molecule has 0 radical (unpaired) electrons. The molecular formula is C15H21FN2. The molecule has 1 aromatic rings. The first-order valence-electron chi connectivity index (χ1n) is 6.50. The predicted molar refractivity (Wildman–Crippen MR) is 71.5 cm³/mol. The highest BCUT2D eigenvalue weighted by atomic mass is 19.1. The Morgan fingerprint density at radius 3 is 2.61 bits per heavy atom. The summed E-state index contributed by atoms with van der Waals surface area (Å²) < 4.78 is 13.3. The van der Waals surface area contributed by atoms with E-state index in [0.717, 1.165) is 25.1 Å². The second-order valence-electron chi connectivity index (χ2n) is 4.80. The molecule has 0 aliphatic heterocycles. The molecule has 0 bridgehead atoms. The van der Waals surface area contributed by atoms with Crippen LogP contribution in [0.2, 0.25) is 0 Å². The highest BCUT2D eigenvalue weighted by molar-refractivity contribution is 5.33. The molecule has 0 saturated heterocycles. The van der Waals surface area contributed by atoms with Crippen LogP contribution in [-0.2, 0) is 6.54 Å². The summed E-state index contributed by atoms with van der Waals surface area (Å²) in [5.41, 5.74) is 1.27. The molecule has 1 aromatic carbocycles. The maximum Gasteiger partial charge on any atom is 0.124 e. The molecule has 1 atom stereocenters. The average Bonchev–Trinajstić information content (AvgIpc) is 2.36. The molecule has 0 aliphatic rings. The van der Waals surface area contributed by atoms with Gasteiger partial charge >= 0.3 is 0 Å². The molecule has 1 rings (SSSR count). The van der Waals surface area contributed by atoms with Crippen LogP contribution in [0.4, 0.5) is 4.39 Å². The number of hydrogen-bond donors (Lipinski definition) is 0. The molecule has 0 aliphatic carbocycles. The van der Waals surface area contributed by atoms with Crippen molar-refractivity contribution in [1.29, 1.82) is 5.26 Å². The van der Waals surface area contributed by atoms with Crippen molar-refractivity contribution in [3.63, 3.8) is 0 Å². The van der Waals surface area contributed by atoms with E-state index >= 15 is 0 Å². The lowest BCUT2D eigenvalue weighted by atomic mass is 10.1. The van der Waals surface area contributed by atoms with Crippen molar-refractivity contribution in [2.45, 2.75) is 33.7 Å². The summed E-state index contributed by atoms with van der Waals surface area (Å²) >= 11 is 0. The third-order valence-electron chi connectivity index (χ3n) is 3.21. The van der Waals surface area contributed by atoms with Gasteiger partial charge in [-0.05, 0) is 36.2 Å². The van der Waals surface area contributed by atoms with Crippen LogP contribution in [0.5, 0.6) is 0 Å². The quantitative estimate of drug-likeness (QED) is 0.769. The van der Waals surface area contributed by atoms with Gasteiger partial charge in [-0.2, -0.15) is 5.26 Å². The molecule has 0 saturated carbocycles. The summed E-state index contributed by atoms with van der Waals surface area (Å²) in [7, 11) is 0. The summed E-state index contributed by atoms with van der Waals surface area (Å²) in [6.07, 6.45) is 1.14. The lowest BCUT2D eigenvalue weighted by Gasteiger charge is -2.23. The maximum absolute atomic E-state index is 13.3. The Labute approximate surface area is 109 Å². The van der Waals surface area contributed by atoms with Crippen molar-refractivity contribution in [2.75, 3.05) is 13.1 Å². The minimum absolute atomic E-state index is 0.330. The fourth-order valence-corrected chi connectivity index (χ4v) is 1.94. The van der Waals surface area contributed by atoms with Crippen molar-refractivity contribution in [2.24, 2.45) is 5.92 Å². The van der Waals surface area contributed by atoms with Gasteiger partial charge in [0.05, 0.1) is 11.6 Å². The van der Waals surface area contributed by atoms with E-state index < -0.39 is 0 Å². The minimum atomic E-state index is -0.330. The Balaban J connectivity index is 2.75. The molecule has 3 heteroatoms. The summed E-state index contributed by atoms with van der Waals surface area (Å²) in [5.74, 6) is 0.303. The highest BCUT2D eigenvalue weighted by Crippen LogP contribution is 2.13. The van der Waals surface area contributed by atoms with Crippen molar-refractivity contribution < 1.29 is 4.39 Å². The first-order valence-corrected chi connectivity index (χ1v) is 6.50. The van der Waals surface area contributed by atoms with E-state index in [4.69, 9.17) is 5.26 Å². The van der Waals surface area contributed by atoms with Gasteiger partial charge in [-0.1, -0.05) is 27.2 Å². The zero-order valence-corrected chi connectivity index (χ0v) is 11.4. The van der Waals surface area contributed by atoms with Gasteiger partial charge in [0, 0.05) is 13.1 Å². The Hall–Kier alpha value is -1.40. The first-order chi connectivity index (χ1) is 8.58. The minimum Gasteiger partial charge on any atom is -0.299 e. The second-order valence-corrected chi connectivity index (χ2v) is 4.80. The smallest absolute Gasteiger partial charge is 0.124 e. The number of benzene rings is 1. The predicted octanol–water partition coefficient (Wildman–Crippen LogP) is 3.57. The molecule has 1 unspecified atom stereocenters. The molecule has 0 spiro atoms. The summed E-state index contributed by atoms with van der Waals surface area (Å²) in [5, 5.41) is 8.83. The van der Waals surface area contributed by atoms with Crippen LogP contribution in [-0.4, -0.2) is 18.0 Å². The molecule has 98 valence electrons. The molecule has 0 aromatic heterocycles. The lowest BCUT2D eigenvalue weighted by Crippen LogP contribution is -2.27. The molecule has 2 nitrogen and oxygen atoms in total. The first kappa shape index (κ1) is 14.7. The monoisotopic (exact) mass is 248 g/mol. The summed E-state index contributed by atoms with van der Waals surface area (Å²) in [6, 6.07) is 6.55. The molecular weight excluding hydrogens is 227 g/mol. The van der Waals surface area contributed by atoms with Crippen LogP contribution < -0.4 is 0 Å². The van der Waals surface area contributed by atoms with Crippen LogP contribution >= 0.6 is 0 Å². The Morgan fingerprint density at radius 2 is 2.06 bits per heavy atom. The fourth-order valence-electron chi connectivity index (χ4n) is 1.94. The van der Waals surface area contributed by atoms with E-state index in [1.54, 1.807) is 6.07 Å². The zero-order valence-electron chi connectivity index (χ0n) is 11.4. The lowest BCUT2D eigenvalue weighted by molar-refractivity contribution is 0.238. The van der Waals surface area contributed by atoms with Gasteiger partial charge in [-0.25, -0.2) is 4.39 Å². The summed E-state index contributed by atoms with van der Waals surface area (Å²) in [6.45, 7) is 9.14. The summed E-state index contributed by atoms with van der Waals surface area (Å²) in [4.78, 5) is 2.28. The van der Waals surface area contributed by atoms with Crippen LogP contribution in [0.1, 0.15) is 38.3 Å². The highest BCUT2D eigenvalue weighted by Gasteiger charge is 2.09. The zero-order chi connectivity index (χ0) is 13.5. The van der Waals surface area contributed by atoms with Crippen molar-refractivity contribution in [3.05, 3.63) is 35.1 Å². The molecule has 0 N–H and O–H groups in total. The Kier molecular flexibility index (Phi) is 5.80. The van der Waals surface area contributed by atoms with Crippen LogP contribution in [0.3, 0.4) is 0 Å². The number of halogens is 1. The number of nitrogens with zero attached hydrogens (tertiary/aromatic N) is 2. The number of hydrogen-bond acceptors (Lipinski definition) is 2. The molecule has 0 fully saturated rings. The molecule has 0 heterocycles.